The Morgan fingerprint density at radius 3 is 3.00 bits per heavy atom. The molecule has 1 spiro atoms. The molecule has 24 heavy (non-hydrogen) atoms. The standard InChI is InChI=1S/C22H26O2/c1-21-10-3-2-5-15(21)13-16(20(23)24)19-17(21)9-12-22-11-4-6-14(22)7-8-18(19)22/h4-6,9,11,16,18-19H,2-3,7-8,10,12-13H2,1H3,(H,23,24)/t16?,18-,19+,21-,22+/m0/s1. The van der Waals surface area contributed by atoms with Gasteiger partial charge >= 0.3 is 5.97 Å². The lowest BCUT2D eigenvalue weighted by atomic mass is 9.49. The van der Waals surface area contributed by atoms with Gasteiger partial charge in [0.1, 0.15) is 0 Å². The maximum absolute atomic E-state index is 12.2. The smallest absolute Gasteiger partial charge is 0.307 e. The van der Waals surface area contributed by atoms with Crippen LogP contribution < -0.4 is 0 Å². The fraction of sp³-hybridized carbons (Fsp3) is 0.591. The summed E-state index contributed by atoms with van der Waals surface area (Å²) in [5.41, 5.74) is 4.72. The Kier molecular flexibility index (Phi) is 2.91. The number of hydrogen-bond donors (Lipinski definition) is 1. The highest BCUT2D eigenvalue weighted by molar-refractivity contribution is 5.73. The van der Waals surface area contributed by atoms with E-state index in [0.29, 0.717) is 5.92 Å². The lowest BCUT2D eigenvalue weighted by Crippen LogP contribution is -2.48. The zero-order valence-corrected chi connectivity index (χ0v) is 14.4. The predicted octanol–water partition coefficient (Wildman–Crippen LogP) is 5.05. The summed E-state index contributed by atoms with van der Waals surface area (Å²) in [7, 11) is 0. The van der Waals surface area contributed by atoms with Crippen LogP contribution in [0.3, 0.4) is 0 Å². The van der Waals surface area contributed by atoms with E-state index < -0.39 is 5.97 Å². The van der Waals surface area contributed by atoms with Gasteiger partial charge in [0.05, 0.1) is 5.92 Å². The topological polar surface area (TPSA) is 37.3 Å². The molecule has 2 heteroatoms. The minimum atomic E-state index is -0.587. The fourth-order valence-corrected chi connectivity index (χ4v) is 6.78. The maximum Gasteiger partial charge on any atom is 0.307 e. The van der Waals surface area contributed by atoms with E-state index in [-0.39, 0.29) is 22.7 Å². The minimum Gasteiger partial charge on any atom is -0.481 e. The molecule has 0 aromatic rings. The summed E-state index contributed by atoms with van der Waals surface area (Å²) in [4.78, 5) is 12.2. The largest absolute Gasteiger partial charge is 0.481 e. The van der Waals surface area contributed by atoms with Crippen LogP contribution >= 0.6 is 0 Å². The number of allylic oxidation sites excluding steroid dienone is 8. The van der Waals surface area contributed by atoms with Gasteiger partial charge in [0.2, 0.25) is 0 Å². The zero-order chi connectivity index (χ0) is 16.5. The number of carboxylic acid groups (broad SMARTS) is 1. The summed E-state index contributed by atoms with van der Waals surface area (Å²) in [5.74, 6) is -0.103. The summed E-state index contributed by atoms with van der Waals surface area (Å²) in [6.07, 6.45) is 19.5. The van der Waals surface area contributed by atoms with E-state index in [1.165, 1.54) is 24.0 Å². The Morgan fingerprint density at radius 1 is 1.29 bits per heavy atom. The molecule has 5 atom stereocenters. The highest BCUT2D eigenvalue weighted by atomic mass is 16.4. The van der Waals surface area contributed by atoms with Gasteiger partial charge in [-0.05, 0) is 56.8 Å². The van der Waals surface area contributed by atoms with Crippen molar-refractivity contribution in [2.24, 2.45) is 28.6 Å². The summed E-state index contributed by atoms with van der Waals surface area (Å²) in [6, 6.07) is 0. The van der Waals surface area contributed by atoms with Crippen LogP contribution in [0.15, 0.2) is 47.1 Å². The van der Waals surface area contributed by atoms with Crippen molar-refractivity contribution in [3.8, 4) is 0 Å². The summed E-state index contributed by atoms with van der Waals surface area (Å²) in [5, 5.41) is 10.0. The Bertz CT molecular complexity index is 737. The second-order valence-electron chi connectivity index (χ2n) is 8.73. The third-order valence-corrected chi connectivity index (χ3v) is 7.94. The normalized spacial score (nSPS) is 45.4. The van der Waals surface area contributed by atoms with Crippen molar-refractivity contribution in [2.45, 2.75) is 51.9 Å². The maximum atomic E-state index is 12.2. The van der Waals surface area contributed by atoms with Crippen molar-refractivity contribution < 1.29 is 9.90 Å². The third-order valence-electron chi connectivity index (χ3n) is 7.94. The molecule has 126 valence electrons. The Labute approximate surface area is 144 Å². The summed E-state index contributed by atoms with van der Waals surface area (Å²) >= 11 is 0. The monoisotopic (exact) mass is 322 g/mol. The van der Waals surface area contributed by atoms with Gasteiger partial charge in [0.25, 0.3) is 0 Å². The molecular formula is C22H26O2. The van der Waals surface area contributed by atoms with Crippen molar-refractivity contribution in [3.63, 3.8) is 0 Å². The summed E-state index contributed by atoms with van der Waals surface area (Å²) < 4.78 is 0. The zero-order valence-electron chi connectivity index (χ0n) is 14.4. The average Bonchev–Trinajstić information content (AvgIpc) is 3.10. The molecule has 0 aromatic carbocycles. The van der Waals surface area contributed by atoms with Gasteiger partial charge in [-0.3, -0.25) is 4.79 Å². The van der Waals surface area contributed by atoms with Crippen molar-refractivity contribution in [1.29, 1.82) is 0 Å². The number of fused-ring (bicyclic) bond motifs is 4. The average molecular weight is 322 g/mol. The van der Waals surface area contributed by atoms with Gasteiger partial charge in [0, 0.05) is 10.8 Å². The molecule has 2 saturated carbocycles. The third kappa shape index (κ3) is 1.65. The number of hydrogen-bond acceptors (Lipinski definition) is 1. The molecule has 0 amide bonds. The van der Waals surface area contributed by atoms with Crippen molar-refractivity contribution >= 4 is 5.97 Å². The Morgan fingerprint density at radius 2 is 2.17 bits per heavy atom. The molecule has 2 nitrogen and oxygen atoms in total. The van der Waals surface area contributed by atoms with Crippen LogP contribution in [0.2, 0.25) is 0 Å². The predicted molar refractivity (Wildman–Crippen MR) is 94.4 cm³/mol. The fourth-order valence-electron chi connectivity index (χ4n) is 6.78. The van der Waals surface area contributed by atoms with E-state index in [4.69, 9.17) is 0 Å². The van der Waals surface area contributed by atoms with E-state index in [2.05, 4.69) is 37.3 Å². The first-order chi connectivity index (χ1) is 11.6. The van der Waals surface area contributed by atoms with Crippen LogP contribution in [0.1, 0.15) is 51.9 Å². The van der Waals surface area contributed by atoms with Gasteiger partial charge in [-0.1, -0.05) is 54.0 Å². The van der Waals surface area contributed by atoms with Crippen LogP contribution in [-0.4, -0.2) is 11.1 Å². The Hall–Kier alpha value is -1.57. The minimum absolute atomic E-state index is 0.130. The van der Waals surface area contributed by atoms with E-state index in [1.54, 1.807) is 5.57 Å². The quantitative estimate of drug-likeness (QED) is 0.686. The number of carboxylic acids is 1. The molecule has 0 saturated heterocycles. The second-order valence-corrected chi connectivity index (χ2v) is 8.73. The van der Waals surface area contributed by atoms with Crippen LogP contribution in [0.4, 0.5) is 0 Å². The lowest BCUT2D eigenvalue weighted by Gasteiger charge is -2.54. The van der Waals surface area contributed by atoms with Gasteiger partial charge in [0.15, 0.2) is 0 Å². The highest BCUT2D eigenvalue weighted by Gasteiger charge is 2.59. The van der Waals surface area contributed by atoms with Crippen LogP contribution in [0.25, 0.3) is 0 Å². The molecule has 0 bridgehead atoms. The number of aliphatic carboxylic acids is 1. The molecule has 0 aromatic heterocycles. The SMILES string of the molecule is C[C@]12CCCC=C1CC(C(=O)O)[C@@H]1C2=CC[C@]23C=CC=C2CC[C@@H]13. The van der Waals surface area contributed by atoms with Crippen LogP contribution in [0.5, 0.6) is 0 Å². The van der Waals surface area contributed by atoms with Crippen LogP contribution in [-0.2, 0) is 4.79 Å². The first-order valence-corrected chi connectivity index (χ1v) is 9.58. The number of carbonyl (C=O) groups is 1. The lowest BCUT2D eigenvalue weighted by molar-refractivity contribution is -0.145. The molecule has 0 radical (unpaired) electrons. The molecule has 5 aliphatic rings. The molecule has 5 rings (SSSR count). The van der Waals surface area contributed by atoms with Gasteiger partial charge in [-0.15, -0.1) is 0 Å². The van der Waals surface area contributed by atoms with Gasteiger partial charge in [-0.2, -0.15) is 0 Å². The van der Waals surface area contributed by atoms with Crippen LogP contribution in [0, 0.1) is 28.6 Å². The van der Waals surface area contributed by atoms with Crippen molar-refractivity contribution in [3.05, 3.63) is 47.1 Å². The molecular weight excluding hydrogens is 296 g/mol. The highest BCUT2D eigenvalue weighted by Crippen LogP contribution is 2.67. The summed E-state index contributed by atoms with van der Waals surface area (Å²) in [6.45, 7) is 2.39. The van der Waals surface area contributed by atoms with E-state index in [0.717, 1.165) is 32.1 Å². The second kappa shape index (κ2) is 4.74. The van der Waals surface area contributed by atoms with Gasteiger partial charge < -0.3 is 5.11 Å². The van der Waals surface area contributed by atoms with E-state index >= 15 is 0 Å². The molecule has 5 aliphatic carbocycles. The first-order valence-electron chi connectivity index (χ1n) is 9.58. The van der Waals surface area contributed by atoms with Crippen molar-refractivity contribution in [2.75, 3.05) is 0 Å². The Balaban J connectivity index is 1.68. The molecule has 1 unspecified atom stereocenters. The molecule has 0 heterocycles. The molecule has 2 fully saturated rings. The molecule has 0 aliphatic heterocycles. The van der Waals surface area contributed by atoms with E-state index in [9.17, 15) is 9.90 Å². The molecule has 1 N–H and O–H groups in total. The van der Waals surface area contributed by atoms with E-state index in [1.807, 2.05) is 0 Å². The van der Waals surface area contributed by atoms with Crippen molar-refractivity contribution in [1.82, 2.24) is 0 Å². The van der Waals surface area contributed by atoms with Gasteiger partial charge in [-0.25, -0.2) is 0 Å². The number of rotatable bonds is 1. The first kappa shape index (κ1) is 14.7.